The molecule has 1 fully saturated rings. The number of cyclic esters (lactones) is 1. The molecule has 4 atom stereocenters. The Morgan fingerprint density at radius 1 is 1.21 bits per heavy atom. The Bertz CT molecular complexity index is 582. The van der Waals surface area contributed by atoms with Crippen LogP contribution in [0.5, 0.6) is 0 Å². The molecule has 0 spiro atoms. The standard InChI is InChI=1S/C19H27BrO3S/c1-11(2)16(24-14-10-8-7-9-13(14)20)15-12(3)22-18(19(4,5)6)23-17(15)21/h7-12,15-16,18H,1-6H3/t12-,15+,16+,18-/m1/s1. The normalized spacial score (nSPS) is 26.3. The van der Waals surface area contributed by atoms with E-state index in [4.69, 9.17) is 9.47 Å². The highest BCUT2D eigenvalue weighted by Gasteiger charge is 2.46. The second kappa shape index (κ2) is 7.79. The highest BCUT2D eigenvalue weighted by atomic mass is 79.9. The van der Waals surface area contributed by atoms with Gasteiger partial charge < -0.3 is 9.47 Å². The summed E-state index contributed by atoms with van der Waals surface area (Å²) in [5, 5.41) is 0.0899. The van der Waals surface area contributed by atoms with E-state index in [2.05, 4.69) is 35.8 Å². The lowest BCUT2D eigenvalue weighted by Crippen LogP contribution is -2.51. The van der Waals surface area contributed by atoms with Crippen molar-refractivity contribution in [1.82, 2.24) is 0 Å². The number of esters is 1. The summed E-state index contributed by atoms with van der Waals surface area (Å²) >= 11 is 5.31. The van der Waals surface area contributed by atoms with Gasteiger partial charge in [0.25, 0.3) is 0 Å². The predicted octanol–water partition coefficient (Wildman–Crippen LogP) is 5.52. The summed E-state index contributed by atoms with van der Waals surface area (Å²) in [7, 11) is 0. The first-order valence-electron chi connectivity index (χ1n) is 8.38. The number of thioether (sulfide) groups is 1. The van der Waals surface area contributed by atoms with Gasteiger partial charge >= 0.3 is 5.97 Å². The molecule has 1 aromatic carbocycles. The van der Waals surface area contributed by atoms with Gasteiger partial charge in [-0.3, -0.25) is 4.79 Å². The van der Waals surface area contributed by atoms with Crippen LogP contribution in [0.15, 0.2) is 33.6 Å². The van der Waals surface area contributed by atoms with Crippen LogP contribution >= 0.6 is 27.7 Å². The van der Waals surface area contributed by atoms with Crippen LogP contribution in [0.4, 0.5) is 0 Å². The monoisotopic (exact) mass is 414 g/mol. The SMILES string of the molecule is CC(C)[C@H](Sc1ccccc1Br)[C@H]1C(=O)O[C@H](C(C)(C)C)O[C@@H]1C. The van der Waals surface area contributed by atoms with E-state index in [0.717, 1.165) is 9.37 Å². The number of carbonyl (C=O) groups excluding carboxylic acids is 1. The number of rotatable bonds is 4. The number of benzene rings is 1. The summed E-state index contributed by atoms with van der Waals surface area (Å²) in [4.78, 5) is 13.9. The van der Waals surface area contributed by atoms with Gasteiger partial charge in [-0.15, -0.1) is 11.8 Å². The molecule has 0 radical (unpaired) electrons. The van der Waals surface area contributed by atoms with Crippen LogP contribution in [0.2, 0.25) is 0 Å². The van der Waals surface area contributed by atoms with Crippen molar-refractivity contribution in [3.8, 4) is 0 Å². The average molecular weight is 415 g/mol. The van der Waals surface area contributed by atoms with Crippen LogP contribution in [0.1, 0.15) is 41.5 Å². The van der Waals surface area contributed by atoms with Crippen LogP contribution in [0.3, 0.4) is 0 Å². The fourth-order valence-electron chi connectivity index (χ4n) is 2.78. The topological polar surface area (TPSA) is 35.5 Å². The van der Waals surface area contributed by atoms with Crippen molar-refractivity contribution in [2.24, 2.45) is 17.3 Å². The van der Waals surface area contributed by atoms with Gasteiger partial charge in [0.15, 0.2) is 0 Å². The molecule has 0 aromatic heterocycles. The molecular formula is C19H27BrO3S. The quantitative estimate of drug-likeness (QED) is 0.480. The van der Waals surface area contributed by atoms with Crippen LogP contribution in [-0.2, 0) is 14.3 Å². The van der Waals surface area contributed by atoms with Gasteiger partial charge in [-0.1, -0.05) is 46.8 Å². The first-order valence-corrected chi connectivity index (χ1v) is 10.1. The van der Waals surface area contributed by atoms with Crippen molar-refractivity contribution in [2.45, 2.75) is 64.1 Å². The van der Waals surface area contributed by atoms with Crippen molar-refractivity contribution >= 4 is 33.7 Å². The van der Waals surface area contributed by atoms with Crippen molar-refractivity contribution in [1.29, 1.82) is 0 Å². The third-order valence-electron chi connectivity index (χ3n) is 4.16. The summed E-state index contributed by atoms with van der Waals surface area (Å²) in [5.74, 6) is -0.107. The number of halogens is 1. The summed E-state index contributed by atoms with van der Waals surface area (Å²) in [6.45, 7) is 12.3. The Balaban J connectivity index is 2.22. The van der Waals surface area contributed by atoms with Gasteiger partial charge in [0.05, 0.1) is 12.0 Å². The molecule has 1 aromatic rings. The minimum Gasteiger partial charge on any atom is -0.435 e. The maximum absolute atomic E-state index is 12.8. The minimum atomic E-state index is -0.488. The lowest BCUT2D eigenvalue weighted by atomic mass is 9.89. The lowest BCUT2D eigenvalue weighted by Gasteiger charge is -2.42. The Labute approximate surface area is 158 Å². The summed E-state index contributed by atoms with van der Waals surface area (Å²) < 4.78 is 12.8. The summed E-state index contributed by atoms with van der Waals surface area (Å²) in [5.41, 5.74) is -0.224. The molecule has 5 heteroatoms. The second-order valence-corrected chi connectivity index (χ2v) is 9.83. The van der Waals surface area contributed by atoms with Crippen molar-refractivity contribution in [3.63, 3.8) is 0 Å². The third kappa shape index (κ3) is 4.55. The van der Waals surface area contributed by atoms with Crippen LogP contribution in [0, 0.1) is 17.3 Å². The van der Waals surface area contributed by atoms with Crippen molar-refractivity contribution < 1.29 is 14.3 Å². The number of ether oxygens (including phenoxy) is 2. The molecule has 3 nitrogen and oxygen atoms in total. The number of hydrogen-bond donors (Lipinski definition) is 0. The smallest absolute Gasteiger partial charge is 0.315 e. The van der Waals surface area contributed by atoms with Crippen LogP contribution < -0.4 is 0 Å². The fourth-order valence-corrected chi connectivity index (χ4v) is 4.72. The Morgan fingerprint density at radius 3 is 2.33 bits per heavy atom. The zero-order valence-electron chi connectivity index (χ0n) is 15.2. The highest BCUT2D eigenvalue weighted by Crippen LogP contribution is 2.42. The average Bonchev–Trinajstić information content (AvgIpc) is 2.46. The minimum absolute atomic E-state index is 0.0899. The van der Waals surface area contributed by atoms with E-state index in [-0.39, 0.29) is 28.7 Å². The van der Waals surface area contributed by atoms with Gasteiger partial charge in [-0.05, 0) is 40.9 Å². The largest absolute Gasteiger partial charge is 0.435 e. The Morgan fingerprint density at radius 2 is 1.83 bits per heavy atom. The molecule has 0 unspecified atom stereocenters. The summed E-state index contributed by atoms with van der Waals surface area (Å²) in [6.07, 6.45) is -0.657. The van der Waals surface area contributed by atoms with Crippen molar-refractivity contribution in [3.05, 3.63) is 28.7 Å². The van der Waals surface area contributed by atoms with Gasteiger partial charge in [0.2, 0.25) is 6.29 Å². The maximum atomic E-state index is 12.8. The molecule has 0 bridgehead atoms. The Hall–Kier alpha value is -0.520. The van der Waals surface area contributed by atoms with E-state index in [1.807, 2.05) is 45.9 Å². The van der Waals surface area contributed by atoms with E-state index in [1.165, 1.54) is 0 Å². The van der Waals surface area contributed by atoms with Gasteiger partial charge in [0.1, 0.15) is 0 Å². The predicted molar refractivity (Wildman–Crippen MR) is 102 cm³/mol. The number of carbonyl (C=O) groups is 1. The fraction of sp³-hybridized carbons (Fsp3) is 0.632. The third-order valence-corrected chi connectivity index (χ3v) is 6.83. The molecular weight excluding hydrogens is 388 g/mol. The van der Waals surface area contributed by atoms with E-state index in [9.17, 15) is 4.79 Å². The van der Waals surface area contributed by atoms with Gasteiger partial charge in [0, 0.05) is 20.0 Å². The van der Waals surface area contributed by atoms with Crippen molar-refractivity contribution in [2.75, 3.05) is 0 Å². The molecule has 1 aliphatic heterocycles. The molecule has 134 valence electrons. The van der Waals surface area contributed by atoms with E-state index in [1.54, 1.807) is 11.8 Å². The molecule has 1 saturated heterocycles. The van der Waals surface area contributed by atoms with E-state index in [0.29, 0.717) is 5.92 Å². The van der Waals surface area contributed by atoms with Gasteiger partial charge in [-0.25, -0.2) is 0 Å². The maximum Gasteiger partial charge on any atom is 0.315 e. The zero-order valence-corrected chi connectivity index (χ0v) is 17.6. The molecule has 0 amide bonds. The summed E-state index contributed by atoms with van der Waals surface area (Å²) in [6, 6.07) is 8.10. The molecule has 2 rings (SSSR count). The first kappa shape index (κ1) is 19.8. The van der Waals surface area contributed by atoms with Gasteiger partial charge in [-0.2, -0.15) is 0 Å². The van der Waals surface area contributed by atoms with Crippen LogP contribution in [0.25, 0.3) is 0 Å². The second-order valence-electron chi connectivity index (χ2n) is 7.76. The molecule has 24 heavy (non-hydrogen) atoms. The van der Waals surface area contributed by atoms with E-state index >= 15 is 0 Å². The molecule has 0 aliphatic carbocycles. The molecule has 1 aliphatic rings. The molecule has 0 N–H and O–H groups in total. The highest BCUT2D eigenvalue weighted by molar-refractivity contribution is 9.10. The molecule has 1 heterocycles. The molecule has 0 saturated carbocycles. The van der Waals surface area contributed by atoms with Crippen LogP contribution in [-0.4, -0.2) is 23.6 Å². The Kier molecular flexibility index (Phi) is 6.43. The van der Waals surface area contributed by atoms with E-state index < -0.39 is 6.29 Å². The zero-order chi connectivity index (χ0) is 18.1. The number of hydrogen-bond acceptors (Lipinski definition) is 4. The first-order chi connectivity index (χ1) is 11.1. The lowest BCUT2D eigenvalue weighted by molar-refractivity contribution is -0.254.